The lowest BCUT2D eigenvalue weighted by Crippen LogP contribution is -2.66. The summed E-state index contributed by atoms with van der Waals surface area (Å²) in [6.07, 6.45) is 3.19. The van der Waals surface area contributed by atoms with E-state index in [2.05, 4.69) is 129 Å². The maximum Gasteiger partial charge on any atom is 0.261 e. The van der Waals surface area contributed by atoms with Crippen molar-refractivity contribution in [2.45, 2.75) is 45.1 Å². The number of aromatic nitrogens is 1. The van der Waals surface area contributed by atoms with Crippen molar-refractivity contribution in [3.63, 3.8) is 0 Å². The van der Waals surface area contributed by atoms with Crippen LogP contribution in [-0.2, 0) is 10.8 Å². The van der Waals surface area contributed by atoms with E-state index in [1.54, 1.807) is 0 Å². The molecule has 0 aliphatic carbocycles. The normalized spacial score (nSPS) is 12.1. The van der Waals surface area contributed by atoms with E-state index in [-0.39, 0.29) is 5.04 Å². The molecule has 0 amide bonds. The third-order valence-corrected chi connectivity index (χ3v) is 11.4. The van der Waals surface area contributed by atoms with E-state index in [0.717, 1.165) is 25.9 Å². The molecule has 0 spiro atoms. The monoisotopic (exact) mass is 453 g/mol. The molecule has 2 nitrogen and oxygen atoms in total. The van der Waals surface area contributed by atoms with Crippen molar-refractivity contribution in [2.24, 2.45) is 0 Å². The minimum absolute atomic E-state index is 0.0275. The number of H-pyrrole nitrogens is 1. The Morgan fingerprint density at radius 3 is 1.76 bits per heavy atom. The average Bonchev–Trinajstić information content (AvgIpc) is 3.31. The summed E-state index contributed by atoms with van der Waals surface area (Å²) in [5.41, 5.74) is 3.72. The molecule has 0 radical (unpaired) electrons. The van der Waals surface area contributed by atoms with Crippen LogP contribution in [-0.4, -0.2) is 19.9 Å². The van der Waals surface area contributed by atoms with Gasteiger partial charge in [-0.05, 0) is 52.4 Å². The molecule has 3 heteroatoms. The number of hydrogen-bond acceptors (Lipinski definition) is 1. The van der Waals surface area contributed by atoms with E-state index >= 15 is 0 Å². The Balaban J connectivity index is 1.44. The predicted molar refractivity (Wildman–Crippen MR) is 143 cm³/mol. The van der Waals surface area contributed by atoms with Crippen LogP contribution in [0.5, 0.6) is 0 Å². The zero-order valence-corrected chi connectivity index (χ0v) is 21.1. The fourth-order valence-electron chi connectivity index (χ4n) is 4.78. The van der Waals surface area contributed by atoms with Gasteiger partial charge >= 0.3 is 0 Å². The molecule has 0 aliphatic heterocycles. The van der Waals surface area contributed by atoms with Gasteiger partial charge in [-0.1, -0.05) is 112 Å². The lowest BCUT2D eigenvalue weighted by Gasteiger charge is -2.43. The van der Waals surface area contributed by atoms with Crippen LogP contribution in [0.25, 0.3) is 11.3 Å². The smallest absolute Gasteiger partial charge is 0.261 e. The molecular formula is C30H35NOSi. The van der Waals surface area contributed by atoms with Gasteiger partial charge in [0.25, 0.3) is 8.32 Å². The van der Waals surface area contributed by atoms with Crippen molar-refractivity contribution < 1.29 is 4.43 Å². The van der Waals surface area contributed by atoms with Gasteiger partial charge in [0.1, 0.15) is 0 Å². The first kappa shape index (κ1) is 23.3. The van der Waals surface area contributed by atoms with Crippen LogP contribution in [0.3, 0.4) is 0 Å². The first-order chi connectivity index (χ1) is 16.0. The SMILES string of the molecule is CC(C)(C)[Si](OCCCCc1ccc(-c2ccccc2)[nH]1)(c1ccccc1)c1ccccc1. The maximum absolute atomic E-state index is 7.01. The number of benzene rings is 3. The van der Waals surface area contributed by atoms with E-state index < -0.39 is 8.32 Å². The molecular weight excluding hydrogens is 418 g/mol. The highest BCUT2D eigenvalue weighted by Gasteiger charge is 2.49. The molecule has 1 heterocycles. The third kappa shape index (κ3) is 5.21. The molecule has 170 valence electrons. The van der Waals surface area contributed by atoms with Crippen LogP contribution >= 0.6 is 0 Å². The van der Waals surface area contributed by atoms with E-state index in [0.29, 0.717) is 0 Å². The van der Waals surface area contributed by atoms with Crippen LogP contribution < -0.4 is 10.4 Å². The van der Waals surface area contributed by atoms with Crippen molar-refractivity contribution in [1.82, 2.24) is 4.98 Å². The topological polar surface area (TPSA) is 25.0 Å². The molecule has 1 aromatic heterocycles. The fourth-order valence-corrected chi connectivity index (χ4v) is 9.38. The lowest BCUT2D eigenvalue weighted by molar-refractivity contribution is 0.288. The lowest BCUT2D eigenvalue weighted by atomic mass is 10.2. The fraction of sp³-hybridized carbons (Fsp3) is 0.267. The second kappa shape index (κ2) is 10.4. The van der Waals surface area contributed by atoms with Crippen LogP contribution in [0.4, 0.5) is 0 Å². The number of aryl methyl sites for hydroxylation is 1. The number of nitrogens with one attached hydrogen (secondary N) is 1. The summed E-state index contributed by atoms with van der Waals surface area (Å²) in [5, 5.41) is 2.72. The molecule has 3 aromatic carbocycles. The van der Waals surface area contributed by atoms with E-state index in [4.69, 9.17) is 4.43 Å². The number of aromatic amines is 1. The zero-order valence-electron chi connectivity index (χ0n) is 20.1. The van der Waals surface area contributed by atoms with Crippen molar-refractivity contribution in [2.75, 3.05) is 6.61 Å². The number of unbranched alkanes of at least 4 members (excludes halogenated alkanes) is 1. The summed E-state index contributed by atoms with van der Waals surface area (Å²) in [6.45, 7) is 7.79. The molecule has 0 bridgehead atoms. The van der Waals surface area contributed by atoms with E-state index in [1.807, 2.05) is 0 Å². The molecule has 0 unspecified atom stereocenters. The molecule has 1 N–H and O–H groups in total. The first-order valence-corrected chi connectivity index (χ1v) is 13.9. The van der Waals surface area contributed by atoms with Gasteiger partial charge in [0, 0.05) is 18.0 Å². The van der Waals surface area contributed by atoms with Crippen molar-refractivity contribution in [1.29, 1.82) is 0 Å². The molecule has 4 aromatic rings. The highest BCUT2D eigenvalue weighted by atomic mass is 28.4. The molecule has 0 saturated carbocycles. The maximum atomic E-state index is 7.01. The highest BCUT2D eigenvalue weighted by Crippen LogP contribution is 2.36. The molecule has 33 heavy (non-hydrogen) atoms. The number of rotatable bonds is 9. The van der Waals surface area contributed by atoms with Gasteiger partial charge in [-0.25, -0.2) is 0 Å². The third-order valence-electron chi connectivity index (χ3n) is 6.41. The Morgan fingerprint density at radius 2 is 1.21 bits per heavy atom. The quantitative estimate of drug-likeness (QED) is 0.225. The largest absolute Gasteiger partial charge is 0.407 e. The van der Waals surface area contributed by atoms with Gasteiger partial charge in [0.15, 0.2) is 0 Å². The molecule has 0 atom stereocenters. The van der Waals surface area contributed by atoms with Gasteiger partial charge in [-0.2, -0.15) is 0 Å². The second-order valence-electron chi connectivity index (χ2n) is 9.73. The Kier molecular flexibility index (Phi) is 7.31. The molecule has 0 aliphatic rings. The van der Waals surface area contributed by atoms with Gasteiger partial charge in [-0.3, -0.25) is 0 Å². The summed E-state index contributed by atoms with van der Waals surface area (Å²) in [6, 6.07) is 36.7. The standard InChI is InChI=1S/C30H35NOSi/c1-30(2,3)33(27-18-9-5-10-19-27,28-20-11-6-12-21-28)32-24-14-13-17-26-22-23-29(31-26)25-15-7-4-8-16-25/h4-12,15-16,18-23,31H,13-14,17,24H2,1-3H3. The van der Waals surface area contributed by atoms with Crippen molar-refractivity contribution >= 4 is 18.7 Å². The molecule has 0 saturated heterocycles. The predicted octanol–water partition coefficient (Wildman–Crippen LogP) is 6.58. The summed E-state index contributed by atoms with van der Waals surface area (Å²) in [7, 11) is -2.43. The van der Waals surface area contributed by atoms with E-state index in [1.165, 1.54) is 27.3 Å². The van der Waals surface area contributed by atoms with Crippen molar-refractivity contribution in [3.05, 3.63) is 109 Å². The Morgan fingerprint density at radius 1 is 0.667 bits per heavy atom. The summed E-state index contributed by atoms with van der Waals surface area (Å²) >= 11 is 0. The Hall–Kier alpha value is -2.88. The van der Waals surface area contributed by atoms with Gasteiger partial charge in [-0.15, -0.1) is 0 Å². The van der Waals surface area contributed by atoms with Crippen molar-refractivity contribution in [3.8, 4) is 11.3 Å². The molecule has 4 rings (SSSR count). The summed E-state index contributed by atoms with van der Waals surface area (Å²) in [4.78, 5) is 3.58. The van der Waals surface area contributed by atoms with Gasteiger partial charge < -0.3 is 9.41 Å². The summed E-state index contributed by atoms with van der Waals surface area (Å²) < 4.78 is 7.01. The van der Waals surface area contributed by atoms with Crippen LogP contribution in [0, 0.1) is 0 Å². The second-order valence-corrected chi connectivity index (χ2v) is 14.0. The Labute approximate surface area is 199 Å². The van der Waals surface area contributed by atoms with Gasteiger partial charge in [0.05, 0.1) is 0 Å². The first-order valence-electron chi connectivity index (χ1n) is 12.0. The average molecular weight is 454 g/mol. The summed E-state index contributed by atoms with van der Waals surface area (Å²) in [5.74, 6) is 0. The van der Waals surface area contributed by atoms with Crippen LogP contribution in [0.1, 0.15) is 39.3 Å². The minimum Gasteiger partial charge on any atom is -0.407 e. The minimum atomic E-state index is -2.43. The highest BCUT2D eigenvalue weighted by molar-refractivity contribution is 6.99. The van der Waals surface area contributed by atoms with Crippen LogP contribution in [0.15, 0.2) is 103 Å². The van der Waals surface area contributed by atoms with E-state index in [9.17, 15) is 0 Å². The zero-order chi connectivity index (χ0) is 23.2. The van der Waals surface area contributed by atoms with Gasteiger partial charge in [0.2, 0.25) is 0 Å². The Bertz CT molecular complexity index is 1070. The van der Waals surface area contributed by atoms with Crippen LogP contribution in [0.2, 0.25) is 5.04 Å². The number of hydrogen-bond donors (Lipinski definition) is 1. The molecule has 0 fully saturated rings.